The van der Waals surface area contributed by atoms with E-state index in [1.54, 1.807) is 0 Å². The van der Waals surface area contributed by atoms with E-state index in [-0.39, 0.29) is 6.10 Å². The van der Waals surface area contributed by atoms with E-state index < -0.39 is 0 Å². The molecular formula is C16H23BrN2O2. The van der Waals surface area contributed by atoms with Crippen LogP contribution in [0.15, 0.2) is 16.6 Å². The number of halogens is 1. The molecule has 2 aliphatic rings. The lowest BCUT2D eigenvalue weighted by Gasteiger charge is -2.35. The van der Waals surface area contributed by atoms with Crippen LogP contribution in [0.5, 0.6) is 5.75 Å². The van der Waals surface area contributed by atoms with Crippen LogP contribution >= 0.6 is 15.9 Å². The highest BCUT2D eigenvalue weighted by atomic mass is 79.9. The van der Waals surface area contributed by atoms with Crippen molar-refractivity contribution in [3.05, 3.63) is 27.7 Å². The first-order valence-electron chi connectivity index (χ1n) is 7.59. The Bertz CT molecular complexity index is 509. The quantitative estimate of drug-likeness (QED) is 0.894. The van der Waals surface area contributed by atoms with Crippen molar-refractivity contribution < 1.29 is 9.47 Å². The minimum absolute atomic E-state index is 0.227. The average molecular weight is 355 g/mol. The number of benzene rings is 1. The van der Waals surface area contributed by atoms with Crippen molar-refractivity contribution in [3.63, 3.8) is 0 Å². The molecule has 0 amide bonds. The summed E-state index contributed by atoms with van der Waals surface area (Å²) >= 11 is 3.62. The molecule has 1 N–H and O–H groups in total. The summed E-state index contributed by atoms with van der Waals surface area (Å²) in [6.07, 6.45) is 2.16. The minimum Gasteiger partial charge on any atom is -0.493 e. The molecule has 0 aromatic heterocycles. The van der Waals surface area contributed by atoms with Gasteiger partial charge in [-0.3, -0.25) is 0 Å². The first-order valence-corrected chi connectivity index (χ1v) is 8.38. The third-order valence-electron chi connectivity index (χ3n) is 4.38. The largest absolute Gasteiger partial charge is 0.493 e. The molecule has 0 bridgehead atoms. The maximum Gasteiger partial charge on any atom is 0.125 e. The molecule has 21 heavy (non-hydrogen) atoms. The molecule has 3 rings (SSSR count). The lowest BCUT2D eigenvalue weighted by atomic mass is 9.97. The standard InChI is InChI=1S/C16H23BrN2O2/c1-18-14(15-10-19(2)4-6-20-15)9-12-8-13(17)7-11-3-5-21-16(11)12/h7-8,14-15,18H,3-6,9-10H2,1-2H3. The van der Waals surface area contributed by atoms with E-state index in [0.717, 1.165) is 49.4 Å². The van der Waals surface area contributed by atoms with Crippen LogP contribution in [0.3, 0.4) is 0 Å². The number of morpholine rings is 1. The van der Waals surface area contributed by atoms with Crippen LogP contribution in [0.25, 0.3) is 0 Å². The van der Waals surface area contributed by atoms with Crippen molar-refractivity contribution >= 4 is 15.9 Å². The number of nitrogens with zero attached hydrogens (tertiary/aromatic N) is 1. The van der Waals surface area contributed by atoms with E-state index in [4.69, 9.17) is 9.47 Å². The smallest absolute Gasteiger partial charge is 0.125 e. The molecule has 2 aliphatic heterocycles. The first-order chi connectivity index (χ1) is 10.2. The van der Waals surface area contributed by atoms with Crippen molar-refractivity contribution in [3.8, 4) is 5.75 Å². The van der Waals surface area contributed by atoms with Gasteiger partial charge in [0.05, 0.1) is 19.3 Å². The molecule has 2 unspecified atom stereocenters. The number of ether oxygens (including phenoxy) is 2. The first kappa shape index (κ1) is 15.3. The molecule has 5 heteroatoms. The van der Waals surface area contributed by atoms with Crippen LogP contribution in [-0.2, 0) is 17.6 Å². The second kappa shape index (κ2) is 6.65. The van der Waals surface area contributed by atoms with Crippen LogP contribution in [-0.4, -0.2) is 57.4 Å². The Kier molecular flexibility index (Phi) is 4.84. The highest BCUT2D eigenvalue weighted by Gasteiger charge is 2.28. The zero-order valence-electron chi connectivity index (χ0n) is 12.7. The Morgan fingerprint density at radius 3 is 3.05 bits per heavy atom. The molecule has 1 fully saturated rings. The van der Waals surface area contributed by atoms with Gasteiger partial charge in [0.15, 0.2) is 0 Å². The lowest BCUT2D eigenvalue weighted by molar-refractivity contribution is -0.0372. The molecular weight excluding hydrogens is 332 g/mol. The number of nitrogens with one attached hydrogen (secondary N) is 1. The summed E-state index contributed by atoms with van der Waals surface area (Å²) in [5.74, 6) is 1.09. The molecule has 0 saturated carbocycles. The molecule has 0 spiro atoms. The maximum absolute atomic E-state index is 5.97. The van der Waals surface area contributed by atoms with Crippen molar-refractivity contribution in [1.29, 1.82) is 0 Å². The van der Waals surface area contributed by atoms with Gasteiger partial charge in [-0.05, 0) is 43.8 Å². The summed E-state index contributed by atoms with van der Waals surface area (Å²) in [7, 11) is 4.17. The summed E-state index contributed by atoms with van der Waals surface area (Å²) in [5.41, 5.74) is 2.59. The van der Waals surface area contributed by atoms with Gasteiger partial charge in [-0.15, -0.1) is 0 Å². The van der Waals surface area contributed by atoms with Crippen LogP contribution < -0.4 is 10.1 Å². The number of likely N-dealkylation sites (N-methyl/N-ethyl adjacent to an activating group) is 2. The third kappa shape index (κ3) is 3.42. The SMILES string of the molecule is CNC(Cc1cc(Br)cc2c1OCC2)C1CN(C)CCO1. The normalized spacial score (nSPS) is 23.7. The van der Waals surface area contributed by atoms with E-state index in [9.17, 15) is 0 Å². The maximum atomic E-state index is 5.97. The fourth-order valence-electron chi connectivity index (χ4n) is 3.21. The molecule has 0 radical (unpaired) electrons. The predicted octanol–water partition coefficient (Wildman–Crippen LogP) is 1.85. The van der Waals surface area contributed by atoms with E-state index in [1.165, 1.54) is 11.1 Å². The molecule has 2 heterocycles. The fourth-order valence-corrected chi connectivity index (χ4v) is 3.76. The van der Waals surface area contributed by atoms with Gasteiger partial charge in [-0.25, -0.2) is 0 Å². The van der Waals surface area contributed by atoms with E-state index >= 15 is 0 Å². The topological polar surface area (TPSA) is 33.7 Å². The van der Waals surface area contributed by atoms with Crippen molar-refractivity contribution in [2.24, 2.45) is 0 Å². The summed E-state index contributed by atoms with van der Waals surface area (Å²) in [4.78, 5) is 2.33. The minimum atomic E-state index is 0.227. The average Bonchev–Trinajstić information content (AvgIpc) is 2.92. The third-order valence-corrected chi connectivity index (χ3v) is 4.84. The van der Waals surface area contributed by atoms with Crippen molar-refractivity contribution in [2.45, 2.75) is 25.0 Å². The van der Waals surface area contributed by atoms with Gasteiger partial charge in [0.2, 0.25) is 0 Å². The van der Waals surface area contributed by atoms with Gasteiger partial charge in [-0.2, -0.15) is 0 Å². The zero-order valence-corrected chi connectivity index (χ0v) is 14.3. The van der Waals surface area contributed by atoms with Gasteiger partial charge in [-0.1, -0.05) is 15.9 Å². The molecule has 1 aromatic rings. The van der Waals surface area contributed by atoms with Gasteiger partial charge < -0.3 is 19.7 Å². The number of rotatable bonds is 4. The van der Waals surface area contributed by atoms with Crippen LogP contribution in [0.4, 0.5) is 0 Å². The van der Waals surface area contributed by atoms with Crippen LogP contribution in [0.2, 0.25) is 0 Å². The van der Waals surface area contributed by atoms with Crippen molar-refractivity contribution in [1.82, 2.24) is 10.2 Å². The fraction of sp³-hybridized carbons (Fsp3) is 0.625. The molecule has 1 aromatic carbocycles. The Morgan fingerprint density at radius 1 is 1.43 bits per heavy atom. The number of fused-ring (bicyclic) bond motifs is 1. The predicted molar refractivity (Wildman–Crippen MR) is 87.1 cm³/mol. The molecule has 2 atom stereocenters. The van der Waals surface area contributed by atoms with Crippen LogP contribution in [0, 0.1) is 0 Å². The molecule has 4 nitrogen and oxygen atoms in total. The number of hydrogen-bond acceptors (Lipinski definition) is 4. The Morgan fingerprint density at radius 2 is 2.29 bits per heavy atom. The van der Waals surface area contributed by atoms with Crippen LogP contribution in [0.1, 0.15) is 11.1 Å². The second-order valence-electron chi connectivity index (χ2n) is 5.92. The second-order valence-corrected chi connectivity index (χ2v) is 6.84. The number of hydrogen-bond donors (Lipinski definition) is 1. The summed E-state index contributed by atoms with van der Waals surface area (Å²) in [5, 5.41) is 3.43. The van der Waals surface area contributed by atoms with E-state index in [1.807, 2.05) is 7.05 Å². The highest BCUT2D eigenvalue weighted by molar-refractivity contribution is 9.10. The summed E-state index contributed by atoms with van der Waals surface area (Å²) in [6, 6.07) is 4.65. The lowest BCUT2D eigenvalue weighted by Crippen LogP contribution is -2.51. The summed E-state index contributed by atoms with van der Waals surface area (Å²) < 4.78 is 12.9. The van der Waals surface area contributed by atoms with E-state index in [2.05, 4.69) is 45.3 Å². The Hall–Kier alpha value is -0.620. The van der Waals surface area contributed by atoms with Gasteiger partial charge in [0.25, 0.3) is 0 Å². The van der Waals surface area contributed by atoms with E-state index in [0.29, 0.717) is 6.04 Å². The molecule has 116 valence electrons. The summed E-state index contributed by atoms with van der Waals surface area (Å²) in [6.45, 7) is 3.60. The van der Waals surface area contributed by atoms with Crippen molar-refractivity contribution in [2.75, 3.05) is 40.4 Å². The zero-order chi connectivity index (χ0) is 14.8. The Balaban J connectivity index is 1.78. The molecule has 1 saturated heterocycles. The van der Waals surface area contributed by atoms with Gasteiger partial charge in [0, 0.05) is 30.0 Å². The highest BCUT2D eigenvalue weighted by Crippen LogP contribution is 2.34. The Labute approximate surface area is 134 Å². The molecule has 0 aliphatic carbocycles. The van der Waals surface area contributed by atoms with Gasteiger partial charge >= 0.3 is 0 Å². The van der Waals surface area contributed by atoms with Gasteiger partial charge in [0.1, 0.15) is 5.75 Å². The monoisotopic (exact) mass is 354 g/mol.